The zero-order chi connectivity index (χ0) is 19.3. The summed E-state index contributed by atoms with van der Waals surface area (Å²) in [6, 6.07) is 9.77. The zero-order valence-corrected chi connectivity index (χ0v) is 17.6. The molecule has 0 heterocycles. The second kappa shape index (κ2) is 9.08. The van der Waals surface area contributed by atoms with Crippen molar-refractivity contribution < 1.29 is 14.3 Å². The van der Waals surface area contributed by atoms with Gasteiger partial charge in [-0.3, -0.25) is 4.79 Å². The molecule has 0 aromatic heterocycles. The van der Waals surface area contributed by atoms with Gasteiger partial charge in [-0.25, -0.2) is 0 Å². The van der Waals surface area contributed by atoms with E-state index in [1.54, 1.807) is 7.11 Å². The van der Waals surface area contributed by atoms with Crippen LogP contribution in [-0.2, 0) is 4.79 Å². The second-order valence-electron chi connectivity index (χ2n) is 6.42. The summed E-state index contributed by atoms with van der Waals surface area (Å²) in [6.45, 7) is 8.05. The summed E-state index contributed by atoms with van der Waals surface area (Å²) in [6.07, 6.45) is 0.800. The lowest BCUT2D eigenvalue weighted by Crippen LogP contribution is -2.32. The minimum absolute atomic E-state index is 0.00779. The number of rotatable bonds is 7. The lowest BCUT2D eigenvalue weighted by Gasteiger charge is -2.19. The Labute approximate surface area is 164 Å². The number of benzene rings is 2. The molecule has 5 heteroatoms. The van der Waals surface area contributed by atoms with Gasteiger partial charge in [0.1, 0.15) is 11.5 Å². The molecule has 0 fully saturated rings. The first-order chi connectivity index (χ1) is 12.3. The molecule has 0 radical (unpaired) electrons. The Kier molecular flexibility index (Phi) is 7.09. The lowest BCUT2D eigenvalue weighted by atomic mass is 10.0. The highest BCUT2D eigenvalue weighted by Crippen LogP contribution is 2.27. The smallest absolute Gasteiger partial charge is 0.258 e. The number of amides is 1. The van der Waals surface area contributed by atoms with E-state index in [2.05, 4.69) is 27.3 Å². The molecule has 140 valence electrons. The number of halogens is 1. The molecular weight excluding hydrogens is 394 g/mol. The van der Waals surface area contributed by atoms with Crippen molar-refractivity contribution in [2.75, 3.05) is 13.7 Å². The maximum atomic E-state index is 12.3. The monoisotopic (exact) mass is 419 g/mol. The van der Waals surface area contributed by atoms with E-state index in [4.69, 9.17) is 9.47 Å². The Hall–Kier alpha value is -2.01. The van der Waals surface area contributed by atoms with Gasteiger partial charge in [-0.1, -0.05) is 35.0 Å². The fourth-order valence-electron chi connectivity index (χ4n) is 2.91. The van der Waals surface area contributed by atoms with Gasteiger partial charge in [-0.2, -0.15) is 0 Å². The SMILES string of the molecule is CCC(NC(=O)COc1cc(C)c(Br)c(C)c1)c1ccc(OC)c(C)c1. The second-order valence-corrected chi connectivity index (χ2v) is 7.21. The van der Waals surface area contributed by atoms with Crippen LogP contribution >= 0.6 is 15.9 Å². The van der Waals surface area contributed by atoms with Crippen LogP contribution < -0.4 is 14.8 Å². The molecule has 2 aromatic rings. The molecule has 1 atom stereocenters. The summed E-state index contributed by atoms with van der Waals surface area (Å²) in [5.41, 5.74) is 4.28. The Bertz CT molecular complexity index is 766. The molecule has 0 aliphatic rings. The first kappa shape index (κ1) is 20.3. The number of hydrogen-bond acceptors (Lipinski definition) is 3. The number of ether oxygens (including phenoxy) is 2. The molecule has 0 saturated carbocycles. The number of methoxy groups -OCH3 is 1. The van der Waals surface area contributed by atoms with E-state index in [0.29, 0.717) is 5.75 Å². The van der Waals surface area contributed by atoms with Gasteiger partial charge in [0.05, 0.1) is 13.2 Å². The number of aryl methyl sites for hydroxylation is 3. The molecule has 1 N–H and O–H groups in total. The number of carbonyl (C=O) groups excluding carboxylic acids is 1. The fraction of sp³-hybridized carbons (Fsp3) is 0.381. The van der Waals surface area contributed by atoms with Gasteiger partial charge in [0, 0.05) is 4.47 Å². The number of hydrogen-bond donors (Lipinski definition) is 1. The van der Waals surface area contributed by atoms with Crippen molar-refractivity contribution in [3.05, 3.63) is 57.1 Å². The Balaban J connectivity index is 2.00. The summed E-state index contributed by atoms with van der Waals surface area (Å²) < 4.78 is 12.0. The summed E-state index contributed by atoms with van der Waals surface area (Å²) in [4.78, 5) is 12.3. The third kappa shape index (κ3) is 5.01. The molecule has 1 unspecified atom stereocenters. The van der Waals surface area contributed by atoms with Gasteiger partial charge in [0.15, 0.2) is 6.61 Å². The normalized spacial score (nSPS) is 11.8. The summed E-state index contributed by atoms with van der Waals surface area (Å²) in [7, 11) is 1.66. The molecule has 0 aliphatic carbocycles. The zero-order valence-electron chi connectivity index (χ0n) is 16.0. The van der Waals surface area contributed by atoms with Crippen molar-refractivity contribution in [2.24, 2.45) is 0 Å². The predicted molar refractivity (Wildman–Crippen MR) is 108 cm³/mol. The maximum Gasteiger partial charge on any atom is 0.258 e. The van der Waals surface area contributed by atoms with Crippen LogP contribution in [0.15, 0.2) is 34.8 Å². The minimum atomic E-state index is -0.136. The molecule has 1 amide bonds. The average molecular weight is 420 g/mol. The van der Waals surface area contributed by atoms with Gasteiger partial charge in [0.25, 0.3) is 5.91 Å². The van der Waals surface area contributed by atoms with E-state index in [1.165, 1.54) is 0 Å². The van der Waals surface area contributed by atoms with Crippen LogP contribution in [0.4, 0.5) is 0 Å². The quantitative estimate of drug-likeness (QED) is 0.684. The molecule has 2 rings (SSSR count). The van der Waals surface area contributed by atoms with E-state index in [-0.39, 0.29) is 18.6 Å². The first-order valence-electron chi connectivity index (χ1n) is 8.69. The largest absolute Gasteiger partial charge is 0.496 e. The summed E-state index contributed by atoms with van der Waals surface area (Å²) in [5.74, 6) is 1.41. The minimum Gasteiger partial charge on any atom is -0.496 e. The lowest BCUT2D eigenvalue weighted by molar-refractivity contribution is -0.123. The average Bonchev–Trinajstić information content (AvgIpc) is 2.62. The van der Waals surface area contributed by atoms with Crippen molar-refractivity contribution in [1.82, 2.24) is 5.32 Å². The highest BCUT2D eigenvalue weighted by atomic mass is 79.9. The van der Waals surface area contributed by atoms with Crippen LogP contribution in [0, 0.1) is 20.8 Å². The third-order valence-electron chi connectivity index (χ3n) is 4.34. The number of carbonyl (C=O) groups is 1. The van der Waals surface area contributed by atoms with Crippen LogP contribution in [0.5, 0.6) is 11.5 Å². The fourth-order valence-corrected chi connectivity index (χ4v) is 3.14. The van der Waals surface area contributed by atoms with Crippen LogP contribution in [0.2, 0.25) is 0 Å². The Morgan fingerprint density at radius 3 is 2.31 bits per heavy atom. The van der Waals surface area contributed by atoms with Crippen LogP contribution in [0.25, 0.3) is 0 Å². The first-order valence-corrected chi connectivity index (χ1v) is 9.48. The molecule has 0 saturated heterocycles. The third-order valence-corrected chi connectivity index (χ3v) is 5.60. The van der Waals surface area contributed by atoms with E-state index in [0.717, 1.165) is 38.9 Å². The van der Waals surface area contributed by atoms with Crippen LogP contribution in [0.3, 0.4) is 0 Å². The van der Waals surface area contributed by atoms with E-state index in [9.17, 15) is 4.79 Å². The summed E-state index contributed by atoms with van der Waals surface area (Å²) >= 11 is 3.53. The van der Waals surface area contributed by atoms with Gasteiger partial charge in [-0.15, -0.1) is 0 Å². The van der Waals surface area contributed by atoms with Crippen molar-refractivity contribution in [1.29, 1.82) is 0 Å². The van der Waals surface area contributed by atoms with Gasteiger partial charge >= 0.3 is 0 Å². The van der Waals surface area contributed by atoms with E-state index >= 15 is 0 Å². The Morgan fingerprint density at radius 2 is 1.77 bits per heavy atom. The highest BCUT2D eigenvalue weighted by molar-refractivity contribution is 9.10. The molecule has 2 aromatic carbocycles. The standard InChI is InChI=1S/C21H26BrNO3/c1-6-18(16-7-8-19(25-5)13(2)9-16)23-20(24)12-26-17-10-14(3)21(22)15(4)11-17/h7-11,18H,6,12H2,1-5H3,(H,23,24). The van der Waals surface area contributed by atoms with Crippen molar-refractivity contribution >= 4 is 21.8 Å². The van der Waals surface area contributed by atoms with Gasteiger partial charge < -0.3 is 14.8 Å². The highest BCUT2D eigenvalue weighted by Gasteiger charge is 2.15. The van der Waals surface area contributed by atoms with Crippen molar-refractivity contribution in [3.8, 4) is 11.5 Å². The molecular formula is C21H26BrNO3. The van der Waals surface area contributed by atoms with E-state index < -0.39 is 0 Å². The topological polar surface area (TPSA) is 47.6 Å². The maximum absolute atomic E-state index is 12.3. The van der Waals surface area contributed by atoms with Crippen molar-refractivity contribution in [3.63, 3.8) is 0 Å². The van der Waals surface area contributed by atoms with Crippen LogP contribution in [0.1, 0.15) is 41.6 Å². The van der Waals surface area contributed by atoms with Gasteiger partial charge in [-0.05, 0) is 67.6 Å². The molecule has 4 nitrogen and oxygen atoms in total. The molecule has 0 spiro atoms. The van der Waals surface area contributed by atoms with Crippen molar-refractivity contribution in [2.45, 2.75) is 40.2 Å². The Morgan fingerprint density at radius 1 is 1.12 bits per heavy atom. The number of nitrogens with one attached hydrogen (secondary N) is 1. The summed E-state index contributed by atoms with van der Waals surface area (Å²) in [5, 5.41) is 3.04. The molecule has 0 aliphatic heterocycles. The molecule has 0 bridgehead atoms. The predicted octanol–water partition coefficient (Wildman–Crippen LogP) is 5.03. The van der Waals surface area contributed by atoms with E-state index in [1.807, 2.05) is 52.0 Å². The van der Waals surface area contributed by atoms with Crippen LogP contribution in [-0.4, -0.2) is 19.6 Å². The molecule has 26 heavy (non-hydrogen) atoms. The van der Waals surface area contributed by atoms with Gasteiger partial charge in [0.2, 0.25) is 0 Å².